The zero-order valence-electron chi connectivity index (χ0n) is 12.6. The average Bonchev–Trinajstić information content (AvgIpc) is 2.32. The van der Waals surface area contributed by atoms with Crippen LogP contribution in [0.3, 0.4) is 0 Å². The van der Waals surface area contributed by atoms with Crippen LogP contribution in [0, 0.1) is 12.3 Å². The van der Waals surface area contributed by atoms with Crippen LogP contribution in [-0.2, 0) is 9.53 Å². The maximum Gasteiger partial charge on any atom is 0.411 e. The molecule has 5 heteroatoms. The molecule has 0 aromatic heterocycles. The van der Waals surface area contributed by atoms with E-state index in [-0.39, 0.29) is 12.6 Å². The largest absolute Gasteiger partial charge is 0.450 e. The number of ether oxygens (including phenoxy) is 2. The van der Waals surface area contributed by atoms with Gasteiger partial charge in [0, 0.05) is 0 Å². The molecule has 110 valence electrons. The lowest BCUT2D eigenvalue weighted by molar-refractivity contribution is -0.143. The Morgan fingerprint density at radius 1 is 1.25 bits per heavy atom. The van der Waals surface area contributed by atoms with Gasteiger partial charge >= 0.3 is 12.1 Å². The summed E-state index contributed by atoms with van der Waals surface area (Å²) in [4.78, 5) is 23.5. The number of carbonyl (C=O) groups excluding carboxylic acids is 2. The van der Waals surface area contributed by atoms with Crippen molar-refractivity contribution >= 4 is 17.7 Å². The number of hydrogen-bond acceptors (Lipinski definition) is 4. The van der Waals surface area contributed by atoms with Gasteiger partial charge in [-0.2, -0.15) is 0 Å². The van der Waals surface area contributed by atoms with E-state index >= 15 is 0 Å². The van der Waals surface area contributed by atoms with Gasteiger partial charge in [0.1, 0.15) is 0 Å². The van der Waals surface area contributed by atoms with Crippen LogP contribution in [0.1, 0.15) is 33.3 Å². The molecule has 1 aromatic carbocycles. The Morgan fingerprint density at radius 2 is 1.90 bits per heavy atom. The first kappa shape index (κ1) is 16.0. The smallest absolute Gasteiger partial charge is 0.411 e. The molecular formula is C15H21NO4. The van der Waals surface area contributed by atoms with Crippen molar-refractivity contribution in [3.05, 3.63) is 23.8 Å². The Morgan fingerprint density at radius 3 is 2.45 bits per heavy atom. The molecule has 0 fully saturated rings. The van der Waals surface area contributed by atoms with Crippen LogP contribution in [0.25, 0.3) is 0 Å². The van der Waals surface area contributed by atoms with Crippen LogP contribution >= 0.6 is 0 Å². The fourth-order valence-electron chi connectivity index (χ4n) is 1.41. The number of esters is 1. The highest BCUT2D eigenvalue weighted by atomic mass is 16.6. The molecule has 0 atom stereocenters. The molecule has 0 bridgehead atoms. The van der Waals surface area contributed by atoms with Gasteiger partial charge < -0.3 is 9.47 Å². The number of hydrogen-bond donors (Lipinski definition) is 1. The SMILES string of the molecule is CCOC(=O)Nc1cccc(C)c1OC(=O)C(C)(C)C. The Bertz CT molecular complexity index is 503. The molecule has 0 heterocycles. The third-order valence-corrected chi connectivity index (χ3v) is 2.53. The summed E-state index contributed by atoms with van der Waals surface area (Å²) in [5.74, 6) is -0.0146. The molecule has 0 radical (unpaired) electrons. The highest BCUT2D eigenvalue weighted by Gasteiger charge is 2.25. The molecule has 0 unspecified atom stereocenters. The molecule has 0 saturated carbocycles. The van der Waals surface area contributed by atoms with Gasteiger partial charge in [-0.05, 0) is 46.2 Å². The van der Waals surface area contributed by atoms with Gasteiger partial charge in [-0.3, -0.25) is 10.1 Å². The topological polar surface area (TPSA) is 64.6 Å². The molecule has 20 heavy (non-hydrogen) atoms. The summed E-state index contributed by atoms with van der Waals surface area (Å²) in [6.45, 7) is 9.11. The number of benzene rings is 1. The van der Waals surface area contributed by atoms with Crippen molar-refractivity contribution in [1.82, 2.24) is 0 Å². The van der Waals surface area contributed by atoms with Gasteiger partial charge in [0.25, 0.3) is 0 Å². The molecule has 0 spiro atoms. The number of aryl methyl sites for hydroxylation is 1. The molecule has 0 saturated heterocycles. The van der Waals surface area contributed by atoms with Crippen LogP contribution in [0.5, 0.6) is 5.75 Å². The summed E-state index contributed by atoms with van der Waals surface area (Å²) in [6, 6.07) is 5.24. The predicted octanol–water partition coefficient (Wildman–Crippen LogP) is 3.51. The minimum Gasteiger partial charge on any atom is -0.450 e. The second-order valence-corrected chi connectivity index (χ2v) is 5.44. The van der Waals surface area contributed by atoms with E-state index in [4.69, 9.17) is 9.47 Å². The van der Waals surface area contributed by atoms with Crippen LogP contribution in [-0.4, -0.2) is 18.7 Å². The summed E-state index contributed by atoms with van der Waals surface area (Å²) >= 11 is 0. The van der Waals surface area contributed by atoms with Gasteiger partial charge in [0.05, 0.1) is 17.7 Å². The molecule has 1 rings (SSSR count). The van der Waals surface area contributed by atoms with Crippen molar-refractivity contribution in [2.45, 2.75) is 34.6 Å². The molecule has 1 amide bonds. The van der Waals surface area contributed by atoms with Gasteiger partial charge in [-0.15, -0.1) is 0 Å². The van der Waals surface area contributed by atoms with Gasteiger partial charge in [0.2, 0.25) is 0 Å². The first-order chi connectivity index (χ1) is 9.25. The monoisotopic (exact) mass is 279 g/mol. The molecule has 1 N–H and O–H groups in total. The normalized spacial score (nSPS) is 10.8. The van der Waals surface area contributed by atoms with Crippen molar-refractivity contribution in [3.63, 3.8) is 0 Å². The van der Waals surface area contributed by atoms with Crippen molar-refractivity contribution in [2.24, 2.45) is 5.41 Å². The number of nitrogens with one attached hydrogen (secondary N) is 1. The van der Waals surface area contributed by atoms with E-state index in [0.29, 0.717) is 11.4 Å². The number of anilines is 1. The minimum absolute atomic E-state index is 0.273. The number of para-hydroxylation sites is 1. The van der Waals surface area contributed by atoms with Gasteiger partial charge in [0.15, 0.2) is 5.75 Å². The van der Waals surface area contributed by atoms with E-state index in [2.05, 4.69) is 5.32 Å². The van der Waals surface area contributed by atoms with E-state index < -0.39 is 11.5 Å². The number of amides is 1. The van der Waals surface area contributed by atoms with Crippen LogP contribution in [0.2, 0.25) is 0 Å². The zero-order valence-corrected chi connectivity index (χ0v) is 12.6. The summed E-state index contributed by atoms with van der Waals surface area (Å²) in [6.07, 6.45) is -0.578. The summed E-state index contributed by atoms with van der Waals surface area (Å²) in [5, 5.41) is 2.57. The van der Waals surface area contributed by atoms with E-state index in [0.717, 1.165) is 5.56 Å². The fourth-order valence-corrected chi connectivity index (χ4v) is 1.41. The Hall–Kier alpha value is -2.04. The molecular weight excluding hydrogens is 258 g/mol. The molecule has 0 aliphatic heterocycles. The second-order valence-electron chi connectivity index (χ2n) is 5.44. The number of rotatable bonds is 3. The first-order valence-corrected chi connectivity index (χ1v) is 6.51. The highest BCUT2D eigenvalue weighted by Crippen LogP contribution is 2.30. The predicted molar refractivity (Wildman–Crippen MR) is 76.9 cm³/mol. The third-order valence-electron chi connectivity index (χ3n) is 2.53. The van der Waals surface area contributed by atoms with Crippen molar-refractivity contribution < 1.29 is 19.1 Å². The van der Waals surface area contributed by atoms with E-state index in [1.807, 2.05) is 13.0 Å². The Kier molecular flexibility index (Phi) is 5.13. The zero-order chi connectivity index (χ0) is 15.3. The fraction of sp³-hybridized carbons (Fsp3) is 0.467. The summed E-state index contributed by atoms with van der Waals surface area (Å²) < 4.78 is 10.2. The molecule has 0 aliphatic carbocycles. The average molecular weight is 279 g/mol. The lowest BCUT2D eigenvalue weighted by Crippen LogP contribution is -2.26. The van der Waals surface area contributed by atoms with Crippen molar-refractivity contribution in [2.75, 3.05) is 11.9 Å². The van der Waals surface area contributed by atoms with Crippen LogP contribution in [0.15, 0.2) is 18.2 Å². The standard InChI is InChI=1S/C15H21NO4/c1-6-19-14(18)16-11-9-7-8-10(2)12(11)20-13(17)15(3,4)5/h7-9H,6H2,1-5H3,(H,16,18). The quantitative estimate of drug-likeness (QED) is 0.679. The lowest BCUT2D eigenvalue weighted by Gasteiger charge is -2.19. The van der Waals surface area contributed by atoms with Crippen LogP contribution in [0.4, 0.5) is 10.5 Å². The van der Waals surface area contributed by atoms with Gasteiger partial charge in [-0.1, -0.05) is 12.1 Å². The number of carbonyl (C=O) groups is 2. The molecule has 5 nitrogen and oxygen atoms in total. The van der Waals surface area contributed by atoms with Crippen molar-refractivity contribution in [1.29, 1.82) is 0 Å². The maximum atomic E-state index is 12.0. The summed E-state index contributed by atoms with van der Waals surface area (Å²) in [5.41, 5.74) is 0.557. The van der Waals surface area contributed by atoms with Crippen molar-refractivity contribution in [3.8, 4) is 5.75 Å². The van der Waals surface area contributed by atoms with Gasteiger partial charge in [-0.25, -0.2) is 4.79 Å². The molecule has 1 aromatic rings. The lowest BCUT2D eigenvalue weighted by atomic mass is 9.97. The van der Waals surface area contributed by atoms with E-state index in [9.17, 15) is 9.59 Å². The van der Waals surface area contributed by atoms with E-state index in [1.165, 1.54) is 0 Å². The van der Waals surface area contributed by atoms with Crippen LogP contribution < -0.4 is 10.1 Å². The maximum absolute atomic E-state index is 12.0. The first-order valence-electron chi connectivity index (χ1n) is 6.51. The summed E-state index contributed by atoms with van der Waals surface area (Å²) in [7, 11) is 0. The molecule has 0 aliphatic rings. The Labute approximate surface area is 119 Å². The highest BCUT2D eigenvalue weighted by molar-refractivity contribution is 5.89. The Balaban J connectivity index is 3.00. The third kappa shape index (κ3) is 4.26. The van der Waals surface area contributed by atoms with E-state index in [1.54, 1.807) is 39.8 Å². The minimum atomic E-state index is -0.622. The second kappa shape index (κ2) is 6.41.